The average molecular weight is 606 g/mol. The molecule has 46 heavy (non-hydrogen) atoms. The second-order valence-corrected chi connectivity index (χ2v) is 11.7. The zero-order chi connectivity index (χ0) is 31.7. The molecule has 6 aromatic carbocycles. The van der Waals surface area contributed by atoms with Crippen LogP contribution in [0.2, 0.25) is 0 Å². The fourth-order valence-electron chi connectivity index (χ4n) is 7.15. The summed E-state index contributed by atoms with van der Waals surface area (Å²) in [6.07, 6.45) is -4.57. The third kappa shape index (κ3) is 3.98. The Labute approximate surface area is 263 Å². The van der Waals surface area contributed by atoms with Gasteiger partial charge in [-0.2, -0.15) is 18.4 Å². The molecule has 2 aromatic heterocycles. The molecule has 0 unspecified atom stereocenters. The molecule has 0 saturated heterocycles. The van der Waals surface area contributed by atoms with Crippen LogP contribution in [0, 0.1) is 25.2 Å². The summed E-state index contributed by atoms with van der Waals surface area (Å²) in [5, 5.41) is 15.0. The molecule has 0 saturated carbocycles. The van der Waals surface area contributed by atoms with Crippen LogP contribution in [-0.4, -0.2) is 9.13 Å². The number of benzene rings is 6. The Balaban J connectivity index is 1.61. The normalized spacial score (nSPS) is 12.0. The number of rotatable bonds is 3. The standard InChI is InChI=1S/C40H26F3N3/c1-24-11-9-19-34-37(24)29-14-4-7-17-32(29)45(34)36-22-26(28-13-3-6-16-31(28)40(41,42)43)21-27(23-44)39(36)46-33-18-8-5-15-30(33)38-25(2)12-10-20-35(38)46/h3-22H,1-2H3. The van der Waals surface area contributed by atoms with Crippen LogP contribution < -0.4 is 0 Å². The first-order chi connectivity index (χ1) is 22.3. The van der Waals surface area contributed by atoms with E-state index in [-0.39, 0.29) is 11.1 Å². The van der Waals surface area contributed by atoms with E-state index in [1.807, 2.05) is 66.7 Å². The zero-order valence-electron chi connectivity index (χ0n) is 25.0. The highest BCUT2D eigenvalue weighted by molar-refractivity contribution is 6.13. The number of para-hydroxylation sites is 2. The molecule has 2 heterocycles. The molecule has 0 atom stereocenters. The maximum absolute atomic E-state index is 14.4. The lowest BCUT2D eigenvalue weighted by atomic mass is 9.95. The lowest BCUT2D eigenvalue weighted by Crippen LogP contribution is -2.09. The van der Waals surface area contributed by atoms with Crippen LogP contribution in [0.3, 0.4) is 0 Å². The van der Waals surface area contributed by atoms with E-state index < -0.39 is 11.7 Å². The van der Waals surface area contributed by atoms with Gasteiger partial charge in [0.05, 0.1) is 44.6 Å². The highest BCUT2D eigenvalue weighted by Gasteiger charge is 2.34. The van der Waals surface area contributed by atoms with Gasteiger partial charge in [0.25, 0.3) is 0 Å². The van der Waals surface area contributed by atoms with Crippen LogP contribution in [-0.2, 0) is 6.18 Å². The summed E-state index contributed by atoms with van der Waals surface area (Å²) < 4.78 is 47.3. The van der Waals surface area contributed by atoms with Crippen molar-refractivity contribution < 1.29 is 13.2 Å². The minimum atomic E-state index is -4.57. The molecule has 8 rings (SSSR count). The van der Waals surface area contributed by atoms with Crippen molar-refractivity contribution in [2.45, 2.75) is 20.0 Å². The topological polar surface area (TPSA) is 33.6 Å². The number of hydrogen-bond acceptors (Lipinski definition) is 1. The second-order valence-electron chi connectivity index (χ2n) is 11.7. The predicted molar refractivity (Wildman–Crippen MR) is 180 cm³/mol. The Morgan fingerprint density at radius 1 is 0.587 bits per heavy atom. The molecule has 0 amide bonds. The van der Waals surface area contributed by atoms with Crippen molar-refractivity contribution >= 4 is 43.6 Å². The summed E-state index contributed by atoms with van der Waals surface area (Å²) in [4.78, 5) is 0. The summed E-state index contributed by atoms with van der Waals surface area (Å²) in [5.74, 6) is 0. The summed E-state index contributed by atoms with van der Waals surface area (Å²) in [5.41, 5.74) is 6.90. The first-order valence-electron chi connectivity index (χ1n) is 15.0. The molecule has 3 nitrogen and oxygen atoms in total. The van der Waals surface area contributed by atoms with Crippen molar-refractivity contribution in [2.75, 3.05) is 0 Å². The monoisotopic (exact) mass is 605 g/mol. The van der Waals surface area contributed by atoms with E-state index in [0.717, 1.165) is 60.8 Å². The highest BCUT2D eigenvalue weighted by atomic mass is 19.4. The lowest BCUT2D eigenvalue weighted by Gasteiger charge is -2.21. The van der Waals surface area contributed by atoms with Gasteiger partial charge in [-0.25, -0.2) is 0 Å². The van der Waals surface area contributed by atoms with Gasteiger partial charge in [-0.1, -0.05) is 78.9 Å². The minimum Gasteiger partial charge on any atom is -0.307 e. The second kappa shape index (κ2) is 10.1. The molecule has 0 aliphatic carbocycles. The van der Waals surface area contributed by atoms with Gasteiger partial charge in [-0.3, -0.25) is 0 Å². The third-order valence-corrected chi connectivity index (χ3v) is 9.03. The van der Waals surface area contributed by atoms with Crippen molar-refractivity contribution in [2.24, 2.45) is 0 Å². The van der Waals surface area contributed by atoms with Crippen LogP contribution in [0.5, 0.6) is 0 Å². The van der Waals surface area contributed by atoms with E-state index in [1.165, 1.54) is 12.1 Å². The molecule has 0 bridgehead atoms. The van der Waals surface area contributed by atoms with Gasteiger partial charge in [-0.15, -0.1) is 0 Å². The summed E-state index contributed by atoms with van der Waals surface area (Å²) in [6.45, 7) is 4.13. The number of hydrogen-bond donors (Lipinski definition) is 0. The minimum absolute atomic E-state index is 0.0225. The Bertz CT molecular complexity index is 2560. The maximum atomic E-state index is 14.4. The number of alkyl halides is 3. The van der Waals surface area contributed by atoms with Gasteiger partial charge in [0.1, 0.15) is 6.07 Å². The van der Waals surface area contributed by atoms with Crippen molar-refractivity contribution in [1.29, 1.82) is 5.26 Å². The van der Waals surface area contributed by atoms with Crippen LogP contribution in [0.1, 0.15) is 22.3 Å². The summed E-state index contributed by atoms with van der Waals surface area (Å²) in [6, 6.07) is 39.7. The van der Waals surface area contributed by atoms with Crippen molar-refractivity contribution in [3.05, 3.63) is 144 Å². The van der Waals surface area contributed by atoms with Gasteiger partial charge < -0.3 is 9.13 Å². The number of nitriles is 1. The molecule has 0 fully saturated rings. The van der Waals surface area contributed by atoms with Gasteiger partial charge >= 0.3 is 6.18 Å². The number of aromatic nitrogens is 2. The highest BCUT2D eigenvalue weighted by Crippen LogP contribution is 2.44. The summed E-state index contributed by atoms with van der Waals surface area (Å²) >= 11 is 0. The molecular formula is C40H26F3N3. The Kier molecular flexibility index (Phi) is 6.10. The lowest BCUT2D eigenvalue weighted by molar-refractivity contribution is -0.137. The number of aryl methyl sites for hydroxylation is 2. The Morgan fingerprint density at radius 2 is 1.11 bits per heavy atom. The fourth-order valence-corrected chi connectivity index (χ4v) is 7.15. The number of fused-ring (bicyclic) bond motifs is 6. The fraction of sp³-hybridized carbons (Fsp3) is 0.0750. The van der Waals surface area contributed by atoms with Crippen LogP contribution >= 0.6 is 0 Å². The van der Waals surface area contributed by atoms with Crippen molar-refractivity contribution in [1.82, 2.24) is 9.13 Å². The van der Waals surface area contributed by atoms with Gasteiger partial charge in [0, 0.05) is 21.5 Å². The molecule has 0 aliphatic rings. The first-order valence-corrected chi connectivity index (χ1v) is 15.0. The van der Waals surface area contributed by atoms with Gasteiger partial charge in [-0.05, 0) is 78.6 Å². The smallest absolute Gasteiger partial charge is 0.307 e. The van der Waals surface area contributed by atoms with E-state index in [9.17, 15) is 18.4 Å². The van der Waals surface area contributed by atoms with Crippen LogP contribution in [0.4, 0.5) is 13.2 Å². The Hall–Kier alpha value is -5.80. The average Bonchev–Trinajstić information content (AvgIpc) is 3.58. The largest absolute Gasteiger partial charge is 0.417 e. The molecule has 0 aliphatic heterocycles. The van der Waals surface area contributed by atoms with E-state index in [4.69, 9.17) is 0 Å². The predicted octanol–water partition coefficient (Wildman–Crippen LogP) is 11.1. The van der Waals surface area contributed by atoms with Crippen LogP contribution in [0.15, 0.2) is 121 Å². The van der Waals surface area contributed by atoms with E-state index in [2.05, 4.69) is 53.3 Å². The van der Waals surface area contributed by atoms with Gasteiger partial charge in [0.15, 0.2) is 0 Å². The van der Waals surface area contributed by atoms with E-state index >= 15 is 0 Å². The SMILES string of the molecule is Cc1cccc2c1c1ccccc1n2-c1cc(-c2ccccc2C(F)(F)F)cc(C#N)c1-n1c2ccccc2c2c(C)cccc21. The quantitative estimate of drug-likeness (QED) is 0.197. The Morgan fingerprint density at radius 3 is 1.72 bits per heavy atom. The molecule has 0 radical (unpaired) electrons. The summed E-state index contributed by atoms with van der Waals surface area (Å²) in [7, 11) is 0. The van der Waals surface area contributed by atoms with Crippen molar-refractivity contribution in [3.63, 3.8) is 0 Å². The molecular weight excluding hydrogens is 579 g/mol. The van der Waals surface area contributed by atoms with E-state index in [1.54, 1.807) is 12.1 Å². The maximum Gasteiger partial charge on any atom is 0.417 e. The third-order valence-electron chi connectivity index (χ3n) is 9.03. The molecule has 0 spiro atoms. The number of halogens is 3. The molecule has 222 valence electrons. The zero-order valence-corrected chi connectivity index (χ0v) is 25.0. The number of nitrogens with zero attached hydrogens (tertiary/aromatic N) is 3. The van der Waals surface area contributed by atoms with E-state index in [0.29, 0.717) is 16.9 Å². The molecule has 0 N–H and O–H groups in total. The van der Waals surface area contributed by atoms with Gasteiger partial charge in [0.2, 0.25) is 0 Å². The van der Waals surface area contributed by atoms with Crippen LogP contribution in [0.25, 0.3) is 66.1 Å². The molecule has 6 heteroatoms. The van der Waals surface area contributed by atoms with Crippen molar-refractivity contribution in [3.8, 4) is 28.6 Å². The molecule has 8 aromatic rings. The first kappa shape index (κ1) is 27.7.